The maximum Gasteiger partial charge on any atom is 0.227 e. The number of hydrogen-bond donors (Lipinski definition) is 1. The van der Waals surface area contributed by atoms with Crippen LogP contribution in [0.15, 0.2) is 18.3 Å². The van der Waals surface area contributed by atoms with Gasteiger partial charge in [-0.15, -0.1) is 0 Å². The van der Waals surface area contributed by atoms with E-state index in [9.17, 15) is 4.79 Å². The lowest BCUT2D eigenvalue weighted by Gasteiger charge is -2.14. The summed E-state index contributed by atoms with van der Waals surface area (Å²) in [6, 6.07) is 3.87. The first-order valence-corrected chi connectivity index (χ1v) is 9.19. The highest BCUT2D eigenvalue weighted by atomic mass is 16.5. The van der Waals surface area contributed by atoms with Gasteiger partial charge in [0.15, 0.2) is 5.82 Å². The van der Waals surface area contributed by atoms with E-state index in [-0.39, 0.29) is 6.42 Å². The van der Waals surface area contributed by atoms with Gasteiger partial charge in [0.2, 0.25) is 5.95 Å². The minimum absolute atomic E-state index is 0.185. The zero-order chi connectivity index (χ0) is 20.1. The number of carbonyl (C=O) groups is 1. The van der Waals surface area contributed by atoms with Crippen molar-refractivity contribution in [3.8, 4) is 0 Å². The van der Waals surface area contributed by atoms with E-state index in [1.54, 1.807) is 10.9 Å². The maximum atomic E-state index is 11.2. The lowest BCUT2D eigenvalue weighted by Crippen LogP contribution is -2.15. The van der Waals surface area contributed by atoms with Crippen molar-refractivity contribution in [3.05, 3.63) is 29.6 Å². The second kappa shape index (κ2) is 8.75. The van der Waals surface area contributed by atoms with Crippen LogP contribution in [0.4, 0.5) is 17.6 Å². The Morgan fingerprint density at radius 3 is 2.82 bits per heavy atom. The van der Waals surface area contributed by atoms with Crippen LogP contribution in [-0.2, 0) is 22.5 Å². The lowest BCUT2D eigenvalue weighted by atomic mass is 10.2. The monoisotopic (exact) mass is 383 g/mol. The molecule has 9 heteroatoms. The third-order valence-corrected chi connectivity index (χ3v) is 4.14. The Labute approximate surface area is 163 Å². The zero-order valence-electron chi connectivity index (χ0n) is 16.6. The van der Waals surface area contributed by atoms with Crippen molar-refractivity contribution in [2.75, 3.05) is 37.5 Å². The molecule has 0 saturated carbocycles. The molecule has 0 aliphatic carbocycles. The smallest absolute Gasteiger partial charge is 0.227 e. The number of aromatic nitrogens is 5. The average molecular weight is 383 g/mol. The van der Waals surface area contributed by atoms with Crippen LogP contribution < -0.4 is 10.2 Å². The predicted molar refractivity (Wildman–Crippen MR) is 108 cm³/mol. The largest absolute Gasteiger partial charge is 0.380 e. The number of nitrogens with one attached hydrogen (secondary N) is 1. The SMILES string of the molecule is CCOCCn1nc(CC=O)c2nc(N(C)C)nc(Nc3cc(C)ccn3)c21. The number of nitrogens with zero attached hydrogens (tertiary/aromatic N) is 6. The van der Waals surface area contributed by atoms with Gasteiger partial charge in [0.25, 0.3) is 0 Å². The molecule has 0 aliphatic heterocycles. The molecule has 0 amide bonds. The van der Waals surface area contributed by atoms with Gasteiger partial charge in [-0.2, -0.15) is 10.1 Å². The predicted octanol–water partition coefficient (Wildman–Crippen LogP) is 2.12. The van der Waals surface area contributed by atoms with Crippen LogP contribution in [0, 0.1) is 6.92 Å². The fourth-order valence-electron chi connectivity index (χ4n) is 2.82. The van der Waals surface area contributed by atoms with Gasteiger partial charge >= 0.3 is 0 Å². The van der Waals surface area contributed by atoms with Crippen molar-refractivity contribution in [3.63, 3.8) is 0 Å². The van der Waals surface area contributed by atoms with Gasteiger partial charge in [0, 0.05) is 33.3 Å². The van der Waals surface area contributed by atoms with Crippen LogP contribution in [0.1, 0.15) is 18.2 Å². The minimum atomic E-state index is 0.185. The molecule has 0 unspecified atom stereocenters. The molecule has 3 aromatic heterocycles. The van der Waals surface area contributed by atoms with Crippen molar-refractivity contribution < 1.29 is 9.53 Å². The molecule has 3 heterocycles. The Kier molecular flexibility index (Phi) is 6.15. The highest BCUT2D eigenvalue weighted by Crippen LogP contribution is 2.28. The van der Waals surface area contributed by atoms with Crippen LogP contribution in [0.2, 0.25) is 0 Å². The Hall–Kier alpha value is -3.07. The van der Waals surface area contributed by atoms with E-state index in [0.717, 1.165) is 17.4 Å². The van der Waals surface area contributed by atoms with Crippen LogP contribution in [0.3, 0.4) is 0 Å². The summed E-state index contributed by atoms with van der Waals surface area (Å²) in [6.45, 7) is 5.61. The van der Waals surface area contributed by atoms with Crippen molar-refractivity contribution in [1.82, 2.24) is 24.7 Å². The number of aldehydes is 1. The third-order valence-electron chi connectivity index (χ3n) is 4.14. The molecule has 3 aromatic rings. The first kappa shape index (κ1) is 19.7. The highest BCUT2D eigenvalue weighted by Gasteiger charge is 2.19. The fraction of sp³-hybridized carbons (Fsp3) is 0.421. The molecule has 28 heavy (non-hydrogen) atoms. The first-order valence-electron chi connectivity index (χ1n) is 9.19. The molecule has 3 rings (SSSR count). The quantitative estimate of drug-likeness (QED) is 0.443. The lowest BCUT2D eigenvalue weighted by molar-refractivity contribution is -0.107. The summed E-state index contributed by atoms with van der Waals surface area (Å²) >= 11 is 0. The molecule has 148 valence electrons. The summed E-state index contributed by atoms with van der Waals surface area (Å²) in [5, 5.41) is 7.89. The van der Waals surface area contributed by atoms with E-state index in [1.807, 2.05) is 45.0 Å². The van der Waals surface area contributed by atoms with Crippen molar-refractivity contribution in [1.29, 1.82) is 0 Å². The van der Waals surface area contributed by atoms with Gasteiger partial charge in [-0.25, -0.2) is 9.97 Å². The Balaban J connectivity index is 2.15. The summed E-state index contributed by atoms with van der Waals surface area (Å²) in [5.74, 6) is 1.80. The summed E-state index contributed by atoms with van der Waals surface area (Å²) < 4.78 is 7.27. The van der Waals surface area contributed by atoms with Crippen LogP contribution in [0.5, 0.6) is 0 Å². The summed E-state index contributed by atoms with van der Waals surface area (Å²) in [7, 11) is 3.74. The number of rotatable bonds is 9. The standard InChI is InChI=1S/C19H25N7O2/c1-5-28-11-9-26-17-16(14(24-26)7-10-27)22-19(25(3)4)23-18(17)21-15-12-13(2)6-8-20-15/h6,8,10,12H,5,7,9,11H2,1-4H3,(H,20,21,22,23). The van der Waals surface area contributed by atoms with E-state index in [4.69, 9.17) is 4.74 Å². The maximum absolute atomic E-state index is 11.2. The molecular formula is C19H25N7O2. The van der Waals surface area contributed by atoms with Gasteiger partial charge in [-0.3, -0.25) is 4.68 Å². The van der Waals surface area contributed by atoms with Crippen molar-refractivity contribution >= 4 is 34.9 Å². The molecular weight excluding hydrogens is 358 g/mol. The highest BCUT2D eigenvalue weighted by molar-refractivity contribution is 5.91. The molecule has 0 bridgehead atoms. The number of aryl methyl sites for hydroxylation is 1. The summed E-state index contributed by atoms with van der Waals surface area (Å²) in [5.41, 5.74) is 3.08. The van der Waals surface area contributed by atoms with Gasteiger partial charge < -0.3 is 19.7 Å². The number of ether oxygens (including phenoxy) is 1. The number of fused-ring (bicyclic) bond motifs is 1. The first-order chi connectivity index (χ1) is 13.5. The summed E-state index contributed by atoms with van der Waals surface area (Å²) in [6.07, 6.45) is 2.76. The van der Waals surface area contributed by atoms with E-state index in [2.05, 4.69) is 25.4 Å². The Morgan fingerprint density at radius 1 is 1.32 bits per heavy atom. The zero-order valence-corrected chi connectivity index (χ0v) is 16.6. The van der Waals surface area contributed by atoms with Gasteiger partial charge in [-0.1, -0.05) is 0 Å². The minimum Gasteiger partial charge on any atom is -0.380 e. The van der Waals surface area contributed by atoms with Gasteiger partial charge in [-0.05, 0) is 31.5 Å². The van der Waals surface area contributed by atoms with Gasteiger partial charge in [0.05, 0.1) is 18.8 Å². The average Bonchev–Trinajstić information content (AvgIpc) is 3.00. The second-order valence-corrected chi connectivity index (χ2v) is 6.54. The normalized spacial score (nSPS) is 11.0. The van der Waals surface area contributed by atoms with E-state index < -0.39 is 0 Å². The molecule has 1 N–H and O–H groups in total. The molecule has 0 radical (unpaired) electrons. The molecule has 0 atom stereocenters. The fourth-order valence-corrected chi connectivity index (χ4v) is 2.82. The topological polar surface area (TPSA) is 98.1 Å². The molecule has 0 spiro atoms. The molecule has 0 saturated heterocycles. The summed E-state index contributed by atoms with van der Waals surface area (Å²) in [4.78, 5) is 26.6. The van der Waals surface area contributed by atoms with Crippen molar-refractivity contribution in [2.45, 2.75) is 26.8 Å². The number of hydrogen-bond acceptors (Lipinski definition) is 8. The third kappa shape index (κ3) is 4.25. The number of pyridine rings is 1. The van der Waals surface area contributed by atoms with Crippen molar-refractivity contribution in [2.24, 2.45) is 0 Å². The van der Waals surface area contributed by atoms with E-state index in [0.29, 0.717) is 48.6 Å². The Morgan fingerprint density at radius 2 is 2.14 bits per heavy atom. The molecule has 0 aliphatic rings. The second-order valence-electron chi connectivity index (χ2n) is 6.54. The molecule has 9 nitrogen and oxygen atoms in total. The van der Waals surface area contributed by atoms with Crippen LogP contribution in [0.25, 0.3) is 11.0 Å². The van der Waals surface area contributed by atoms with E-state index >= 15 is 0 Å². The number of anilines is 3. The Bertz CT molecular complexity index is 968. The molecule has 0 aromatic carbocycles. The van der Waals surface area contributed by atoms with E-state index in [1.165, 1.54) is 0 Å². The number of carbonyl (C=O) groups excluding carboxylic acids is 1. The van der Waals surface area contributed by atoms with Crippen LogP contribution >= 0.6 is 0 Å². The molecule has 0 fully saturated rings. The van der Waals surface area contributed by atoms with Gasteiger partial charge in [0.1, 0.15) is 23.1 Å². The van der Waals surface area contributed by atoms with Crippen LogP contribution in [-0.4, -0.2) is 58.3 Å².